The number of nitrogens with one attached hydrogen (secondary N) is 5. The number of rotatable bonds is 13. The van der Waals surface area contributed by atoms with E-state index in [0.29, 0.717) is 0 Å². The van der Waals surface area contributed by atoms with Crippen LogP contribution in [0, 0.1) is 0 Å². The number of anilines is 10. The highest BCUT2D eigenvalue weighted by Gasteiger charge is 2.52. The Balaban J connectivity index is 0.000000109. The van der Waals surface area contributed by atoms with Crippen molar-refractivity contribution < 1.29 is 4.74 Å². The van der Waals surface area contributed by atoms with Crippen LogP contribution in [0.2, 0.25) is 0 Å². The summed E-state index contributed by atoms with van der Waals surface area (Å²) in [5.74, 6) is 0.869. The Kier molecular flexibility index (Phi) is 21.7. The van der Waals surface area contributed by atoms with E-state index in [1.807, 2.05) is 91.0 Å². The van der Waals surface area contributed by atoms with Gasteiger partial charge in [-0.15, -0.1) is 0 Å². The van der Waals surface area contributed by atoms with Crippen molar-refractivity contribution in [3.05, 3.63) is 498 Å². The van der Waals surface area contributed by atoms with E-state index in [1.54, 1.807) is 7.11 Å². The summed E-state index contributed by atoms with van der Waals surface area (Å²) >= 11 is 0. The predicted molar refractivity (Wildman–Crippen MR) is 497 cm³/mol. The maximum absolute atomic E-state index is 5.09. The maximum Gasteiger partial charge on any atom is 0.119 e. The standard InChI is InChI=1S/C31H21N.C31H23N.C21H19N.C16H19N.C13H13NO/c1-2-10-21(11-3-1)32-22-18-19-26-25-14-6-9-17-29(25)31(30(26)20-22)27-15-7-4-12-23(27)24-13-5-8-16-28(24)31;1-4-12-23(13-5-1)31(24-14-6-2-7-15-24)29-19-11-10-18-27(29)28-21-20-26(22-30(28)31)32-25-16-8-3-9-17-25;1-21(2)19-11-7-6-10-17(19)18-13-12-16(14-20(18)21)22-15-8-4-3-5-9-15;1-16(2,3)13-9-11-15(12-10-13)17-14-7-5-4-6-8-14;1-15-13-9-7-12(8-10-13)14-11-5-3-2-4-6-11/h1-20,32H;1-22,32H;3-14,22H,1-2H3;4-12,17H,1-3H3;2-10,14H,1H3. The van der Waals surface area contributed by atoms with Crippen LogP contribution in [0.15, 0.2) is 437 Å². The Morgan fingerprint density at radius 1 is 0.203 bits per heavy atom. The van der Waals surface area contributed by atoms with Crippen LogP contribution in [0.3, 0.4) is 0 Å². The number of hydrogen-bond acceptors (Lipinski definition) is 6. The summed E-state index contributed by atoms with van der Waals surface area (Å²) in [7, 11) is 1.67. The van der Waals surface area contributed by atoms with Crippen molar-refractivity contribution in [1.82, 2.24) is 0 Å². The number of benzene rings is 17. The van der Waals surface area contributed by atoms with Crippen molar-refractivity contribution >= 4 is 56.9 Å². The lowest BCUT2D eigenvalue weighted by Gasteiger charge is -2.34. The third-order valence-corrected chi connectivity index (χ3v) is 23.2. The third-order valence-electron chi connectivity index (χ3n) is 23.2. The SMILES string of the molecule is CC(C)(C)c1ccc(Nc2ccccc2)cc1.CC1(C)c2ccccc2-c2ccc(Nc3ccccc3)cc21.COc1ccc(Nc2ccccc2)cc1.c1ccc(Nc2ccc3c(c2)C(c2ccccc2)(c2ccccc2)c2ccccc2-3)cc1.c1ccc(Nc2ccc3c(c2)C2(c4ccccc4-c4ccccc42)c2ccccc2-3)cc1. The molecule has 4 aliphatic rings. The number of ether oxygens (including phenoxy) is 1. The fourth-order valence-electron chi connectivity index (χ4n) is 17.6. The Morgan fingerprint density at radius 3 is 0.763 bits per heavy atom. The summed E-state index contributed by atoms with van der Waals surface area (Å²) in [6.07, 6.45) is 0. The molecule has 4 aliphatic carbocycles. The van der Waals surface area contributed by atoms with Crippen LogP contribution in [-0.4, -0.2) is 7.11 Å². The lowest BCUT2D eigenvalue weighted by Crippen LogP contribution is -2.28. The molecule has 0 radical (unpaired) electrons. The van der Waals surface area contributed by atoms with Crippen molar-refractivity contribution in [2.24, 2.45) is 0 Å². The highest BCUT2D eigenvalue weighted by atomic mass is 16.5. The molecule has 21 rings (SSSR count). The van der Waals surface area contributed by atoms with Crippen LogP contribution in [0.5, 0.6) is 5.75 Å². The van der Waals surface area contributed by atoms with Gasteiger partial charge in [0.05, 0.1) is 17.9 Å². The third kappa shape index (κ3) is 15.2. The van der Waals surface area contributed by atoms with Gasteiger partial charge < -0.3 is 31.3 Å². The summed E-state index contributed by atoms with van der Waals surface area (Å²) in [6.45, 7) is 11.3. The van der Waals surface area contributed by atoms with Gasteiger partial charge in [-0.25, -0.2) is 0 Å². The molecule has 0 aromatic heterocycles. The molecule has 0 saturated heterocycles. The predicted octanol–water partition coefficient (Wildman–Crippen LogP) is 29.5. The number of methoxy groups -OCH3 is 1. The van der Waals surface area contributed by atoms with Crippen molar-refractivity contribution in [1.29, 1.82) is 0 Å². The number of fused-ring (bicyclic) bond motifs is 16. The molecule has 6 nitrogen and oxygen atoms in total. The summed E-state index contributed by atoms with van der Waals surface area (Å²) in [4.78, 5) is 0. The first kappa shape index (κ1) is 76.2. The van der Waals surface area contributed by atoms with Crippen LogP contribution in [0.1, 0.15) is 95.8 Å². The molecule has 5 N–H and O–H groups in total. The van der Waals surface area contributed by atoms with Crippen molar-refractivity contribution in [2.75, 3.05) is 33.7 Å². The van der Waals surface area contributed by atoms with Crippen molar-refractivity contribution in [3.63, 3.8) is 0 Å². The van der Waals surface area contributed by atoms with Gasteiger partial charge in [0.1, 0.15) is 5.75 Å². The highest BCUT2D eigenvalue weighted by Crippen LogP contribution is 2.63. The molecule has 574 valence electrons. The zero-order valence-electron chi connectivity index (χ0n) is 67.5. The molecule has 0 aliphatic heterocycles. The molecule has 0 amide bonds. The quantitative estimate of drug-likeness (QED) is 0.0793. The average molecular weight is 1530 g/mol. The first-order valence-electron chi connectivity index (χ1n) is 40.7. The van der Waals surface area contributed by atoms with Crippen LogP contribution < -0.4 is 31.3 Å². The number of hydrogen-bond donors (Lipinski definition) is 5. The van der Waals surface area contributed by atoms with Gasteiger partial charge in [-0.2, -0.15) is 0 Å². The highest BCUT2D eigenvalue weighted by molar-refractivity contribution is 5.96. The molecule has 0 heterocycles. The summed E-state index contributed by atoms with van der Waals surface area (Å²) in [5, 5.41) is 17.4. The average Bonchev–Trinajstić information content (AvgIpc) is 1.49. The first-order chi connectivity index (χ1) is 57.8. The van der Waals surface area contributed by atoms with E-state index in [4.69, 9.17) is 4.74 Å². The van der Waals surface area contributed by atoms with Gasteiger partial charge >= 0.3 is 0 Å². The van der Waals surface area contributed by atoms with Gasteiger partial charge in [-0.1, -0.05) is 338 Å². The molecule has 118 heavy (non-hydrogen) atoms. The van der Waals surface area contributed by atoms with Gasteiger partial charge in [0, 0.05) is 62.3 Å². The largest absolute Gasteiger partial charge is 0.497 e. The molecule has 0 bridgehead atoms. The van der Waals surface area contributed by atoms with Gasteiger partial charge in [0.15, 0.2) is 0 Å². The Bertz CT molecular complexity index is 6040. The van der Waals surface area contributed by atoms with Crippen molar-refractivity contribution in [2.45, 2.75) is 56.3 Å². The van der Waals surface area contributed by atoms with E-state index in [0.717, 1.165) is 62.6 Å². The topological polar surface area (TPSA) is 69.4 Å². The van der Waals surface area contributed by atoms with E-state index in [-0.39, 0.29) is 21.7 Å². The van der Waals surface area contributed by atoms with Crippen LogP contribution in [-0.2, 0) is 21.7 Å². The van der Waals surface area contributed by atoms with Gasteiger partial charge in [-0.3, -0.25) is 0 Å². The minimum absolute atomic E-state index is 0.0559. The monoisotopic (exact) mass is 1530 g/mol. The normalized spacial score (nSPS) is 12.9. The van der Waals surface area contributed by atoms with Crippen LogP contribution >= 0.6 is 0 Å². The molecule has 0 saturated carbocycles. The summed E-state index contributed by atoms with van der Waals surface area (Å²) in [5.41, 5.74) is 36.3. The van der Waals surface area contributed by atoms with E-state index in [2.05, 4.69) is 407 Å². The molecule has 1 spiro atoms. The Morgan fingerprint density at radius 2 is 0.432 bits per heavy atom. The second-order valence-electron chi connectivity index (χ2n) is 31.9. The van der Waals surface area contributed by atoms with E-state index < -0.39 is 0 Å². The second kappa shape index (κ2) is 33.5. The van der Waals surface area contributed by atoms with Crippen LogP contribution in [0.4, 0.5) is 56.9 Å². The zero-order chi connectivity index (χ0) is 80.5. The van der Waals surface area contributed by atoms with Crippen molar-refractivity contribution in [3.8, 4) is 50.3 Å². The molecule has 17 aromatic rings. The Labute approximate surface area is 695 Å². The smallest absolute Gasteiger partial charge is 0.119 e. The molecule has 0 fully saturated rings. The minimum atomic E-state index is -0.358. The summed E-state index contributed by atoms with van der Waals surface area (Å²) < 4.78 is 5.09. The van der Waals surface area contributed by atoms with E-state index >= 15 is 0 Å². The van der Waals surface area contributed by atoms with Gasteiger partial charge in [0.25, 0.3) is 0 Å². The van der Waals surface area contributed by atoms with E-state index in [1.165, 1.54) is 106 Å². The molecule has 17 aromatic carbocycles. The first-order valence-corrected chi connectivity index (χ1v) is 40.7. The molecule has 0 unspecified atom stereocenters. The Hall–Kier alpha value is -14.5. The lowest BCUT2D eigenvalue weighted by atomic mass is 9.67. The molecule has 6 heteroatoms. The fourth-order valence-corrected chi connectivity index (χ4v) is 17.6. The molecular formula is C112H95N5O. The maximum atomic E-state index is 5.09. The fraction of sp³-hybridized carbons (Fsp3) is 0.0893. The van der Waals surface area contributed by atoms with Crippen LogP contribution in [0.25, 0.3) is 44.5 Å². The molecular weight excluding hydrogens is 1430 g/mol. The zero-order valence-corrected chi connectivity index (χ0v) is 67.5. The second-order valence-corrected chi connectivity index (χ2v) is 31.9. The molecule has 0 atom stereocenters. The van der Waals surface area contributed by atoms with Gasteiger partial charge in [-0.05, 0) is 245 Å². The van der Waals surface area contributed by atoms with E-state index in [9.17, 15) is 0 Å². The minimum Gasteiger partial charge on any atom is -0.497 e. The van der Waals surface area contributed by atoms with Gasteiger partial charge in [0.2, 0.25) is 0 Å². The number of para-hydroxylation sites is 5. The summed E-state index contributed by atoms with van der Waals surface area (Å²) in [6, 6.07) is 154. The lowest BCUT2D eigenvalue weighted by molar-refractivity contribution is 0.415.